The van der Waals surface area contributed by atoms with Gasteiger partial charge in [0.1, 0.15) is 18.1 Å². The molecule has 0 aromatic carbocycles. The zero-order valence-corrected chi connectivity index (χ0v) is 7.63. The van der Waals surface area contributed by atoms with E-state index in [1.807, 2.05) is 32.9 Å². The van der Waals surface area contributed by atoms with Crippen LogP contribution < -0.4 is 0 Å². The Bertz CT molecular complexity index is 276. The van der Waals surface area contributed by atoms with Crippen molar-refractivity contribution in [3.8, 4) is 0 Å². The highest BCUT2D eigenvalue weighted by atomic mass is 16.6. The second kappa shape index (κ2) is 3.95. The van der Waals surface area contributed by atoms with E-state index < -0.39 is 0 Å². The van der Waals surface area contributed by atoms with Gasteiger partial charge in [-0.3, -0.25) is 0 Å². The second-order valence-corrected chi connectivity index (χ2v) is 2.50. The van der Waals surface area contributed by atoms with Gasteiger partial charge in [-0.25, -0.2) is 0 Å². The third-order valence-electron chi connectivity index (χ3n) is 1.43. The van der Waals surface area contributed by atoms with Gasteiger partial charge < -0.3 is 9.25 Å². The maximum atomic E-state index is 5.33. The van der Waals surface area contributed by atoms with Crippen LogP contribution in [0.1, 0.15) is 25.4 Å². The predicted molar refractivity (Wildman–Crippen MR) is 47.3 cm³/mol. The molecule has 0 saturated carbocycles. The molecule has 0 spiro atoms. The van der Waals surface area contributed by atoms with Crippen molar-refractivity contribution in [2.75, 3.05) is 6.61 Å². The molecular weight excluding hydrogens is 154 g/mol. The molecule has 0 radical (unpaired) electrons. The molecule has 1 aromatic heterocycles. The number of nitrogens with zero attached hydrogens (tertiary/aromatic N) is 1. The molecule has 1 aromatic rings. The van der Waals surface area contributed by atoms with E-state index >= 15 is 0 Å². The predicted octanol–water partition coefficient (Wildman–Crippen LogP) is 2.35. The summed E-state index contributed by atoms with van der Waals surface area (Å²) in [6, 6.07) is 3.79. The summed E-state index contributed by atoms with van der Waals surface area (Å²) in [6.07, 6.45) is 0. The van der Waals surface area contributed by atoms with Crippen molar-refractivity contribution < 1.29 is 9.25 Å². The van der Waals surface area contributed by atoms with Crippen LogP contribution in [0.25, 0.3) is 0 Å². The minimum absolute atomic E-state index is 0.580. The van der Waals surface area contributed by atoms with Gasteiger partial charge >= 0.3 is 0 Å². The highest BCUT2D eigenvalue weighted by Gasteiger charge is 2.01. The van der Waals surface area contributed by atoms with Crippen molar-refractivity contribution in [1.82, 2.24) is 0 Å². The summed E-state index contributed by atoms with van der Waals surface area (Å²) >= 11 is 0. The van der Waals surface area contributed by atoms with Crippen molar-refractivity contribution in [2.24, 2.45) is 5.16 Å². The fourth-order valence-corrected chi connectivity index (χ4v) is 0.835. The molecule has 0 amide bonds. The Kier molecular flexibility index (Phi) is 2.91. The topological polar surface area (TPSA) is 34.7 Å². The van der Waals surface area contributed by atoms with Crippen LogP contribution in [0.2, 0.25) is 0 Å². The molecule has 0 aliphatic carbocycles. The molecule has 1 rings (SSSR count). The number of hydrogen-bond acceptors (Lipinski definition) is 3. The van der Waals surface area contributed by atoms with Gasteiger partial charge in [-0.05, 0) is 32.9 Å². The van der Waals surface area contributed by atoms with Crippen LogP contribution in [0.3, 0.4) is 0 Å². The monoisotopic (exact) mass is 167 g/mol. The molecule has 0 N–H and O–H groups in total. The van der Waals surface area contributed by atoms with Gasteiger partial charge in [0, 0.05) is 0 Å². The van der Waals surface area contributed by atoms with Crippen molar-refractivity contribution in [3.05, 3.63) is 23.7 Å². The van der Waals surface area contributed by atoms with Crippen molar-refractivity contribution in [3.63, 3.8) is 0 Å². The number of hydrogen-bond donors (Lipinski definition) is 0. The number of rotatable bonds is 3. The van der Waals surface area contributed by atoms with Gasteiger partial charge in [-0.2, -0.15) is 0 Å². The van der Waals surface area contributed by atoms with Gasteiger partial charge in [0.25, 0.3) is 0 Å². The standard InChI is InChI=1S/C9H13NO2/c1-4-11-10-8(3)9-6-5-7(2)12-9/h5-6H,4H2,1-3H3/b10-8-. The van der Waals surface area contributed by atoms with Crippen LogP contribution in [-0.4, -0.2) is 12.3 Å². The van der Waals surface area contributed by atoms with Gasteiger partial charge in [0.05, 0.1) is 0 Å². The maximum Gasteiger partial charge on any atom is 0.151 e. The lowest BCUT2D eigenvalue weighted by Gasteiger charge is -1.95. The fourth-order valence-electron chi connectivity index (χ4n) is 0.835. The summed E-state index contributed by atoms with van der Waals surface area (Å²) < 4.78 is 5.33. The largest absolute Gasteiger partial charge is 0.460 e. The highest BCUT2D eigenvalue weighted by molar-refractivity contribution is 5.95. The van der Waals surface area contributed by atoms with Crippen LogP contribution in [0.4, 0.5) is 0 Å². The van der Waals surface area contributed by atoms with Crippen LogP contribution in [0, 0.1) is 6.92 Å². The Morgan fingerprint density at radius 3 is 2.83 bits per heavy atom. The Hall–Kier alpha value is -1.25. The third-order valence-corrected chi connectivity index (χ3v) is 1.43. The third kappa shape index (κ3) is 2.12. The molecule has 0 bridgehead atoms. The summed E-state index contributed by atoms with van der Waals surface area (Å²) in [4.78, 5) is 4.89. The first-order valence-electron chi connectivity index (χ1n) is 3.97. The first-order valence-corrected chi connectivity index (χ1v) is 3.97. The smallest absolute Gasteiger partial charge is 0.151 e. The summed E-state index contributed by atoms with van der Waals surface area (Å²) in [5, 5.41) is 3.85. The molecule has 1 heterocycles. The summed E-state index contributed by atoms with van der Waals surface area (Å²) in [6.45, 7) is 6.23. The van der Waals surface area contributed by atoms with Crippen LogP contribution in [0.15, 0.2) is 21.7 Å². The molecule has 0 aliphatic rings. The minimum atomic E-state index is 0.580. The average molecular weight is 167 g/mol. The lowest BCUT2D eigenvalue weighted by molar-refractivity contribution is 0.158. The lowest BCUT2D eigenvalue weighted by atomic mass is 10.3. The van der Waals surface area contributed by atoms with Gasteiger partial charge in [0.15, 0.2) is 5.76 Å². The number of aryl methyl sites for hydroxylation is 1. The number of furan rings is 1. The van der Waals surface area contributed by atoms with E-state index in [1.54, 1.807) is 0 Å². The SMILES string of the molecule is CCO/N=C(/C)c1ccc(C)o1. The molecular formula is C9H13NO2. The zero-order valence-electron chi connectivity index (χ0n) is 7.63. The molecule has 0 atom stereocenters. The van der Waals surface area contributed by atoms with Crippen LogP contribution >= 0.6 is 0 Å². The fraction of sp³-hybridized carbons (Fsp3) is 0.444. The summed E-state index contributed by atoms with van der Waals surface area (Å²) in [5.41, 5.74) is 0.768. The van der Waals surface area contributed by atoms with Gasteiger partial charge in [-0.15, -0.1) is 0 Å². The normalized spacial score (nSPS) is 11.8. The summed E-state index contributed by atoms with van der Waals surface area (Å²) in [7, 11) is 0. The Balaban J connectivity index is 2.70. The Morgan fingerprint density at radius 2 is 2.33 bits per heavy atom. The molecule has 0 unspecified atom stereocenters. The molecule has 3 nitrogen and oxygen atoms in total. The molecule has 0 saturated heterocycles. The van der Waals surface area contributed by atoms with Crippen LogP contribution in [0.5, 0.6) is 0 Å². The molecule has 0 aliphatic heterocycles. The van der Waals surface area contributed by atoms with Crippen molar-refractivity contribution >= 4 is 5.71 Å². The van der Waals surface area contributed by atoms with E-state index in [4.69, 9.17) is 9.25 Å². The Morgan fingerprint density at radius 1 is 1.58 bits per heavy atom. The second-order valence-electron chi connectivity index (χ2n) is 2.50. The van der Waals surface area contributed by atoms with Crippen LogP contribution in [-0.2, 0) is 4.84 Å². The highest BCUT2D eigenvalue weighted by Crippen LogP contribution is 2.07. The first-order chi connectivity index (χ1) is 5.74. The first kappa shape index (κ1) is 8.84. The van der Waals surface area contributed by atoms with E-state index in [0.717, 1.165) is 17.2 Å². The molecule has 12 heavy (non-hydrogen) atoms. The minimum Gasteiger partial charge on any atom is -0.460 e. The van der Waals surface area contributed by atoms with E-state index in [9.17, 15) is 0 Å². The van der Waals surface area contributed by atoms with Crippen molar-refractivity contribution in [2.45, 2.75) is 20.8 Å². The van der Waals surface area contributed by atoms with Gasteiger partial charge in [-0.1, -0.05) is 5.16 Å². The van der Waals surface area contributed by atoms with E-state index in [0.29, 0.717) is 6.61 Å². The molecule has 3 heteroatoms. The number of oxime groups is 1. The van der Waals surface area contributed by atoms with E-state index in [2.05, 4.69) is 5.16 Å². The lowest BCUT2D eigenvalue weighted by Crippen LogP contribution is -1.93. The van der Waals surface area contributed by atoms with E-state index in [-0.39, 0.29) is 0 Å². The maximum absolute atomic E-state index is 5.33. The van der Waals surface area contributed by atoms with E-state index in [1.165, 1.54) is 0 Å². The quantitative estimate of drug-likeness (QED) is 0.511. The van der Waals surface area contributed by atoms with Crippen molar-refractivity contribution in [1.29, 1.82) is 0 Å². The zero-order chi connectivity index (χ0) is 8.97. The molecule has 0 fully saturated rings. The Labute approximate surface area is 72.0 Å². The molecule has 66 valence electrons. The van der Waals surface area contributed by atoms with Gasteiger partial charge in [0.2, 0.25) is 0 Å². The average Bonchev–Trinajstić information content (AvgIpc) is 2.47. The summed E-state index contributed by atoms with van der Waals surface area (Å²) in [5.74, 6) is 1.65.